The third-order valence-electron chi connectivity index (χ3n) is 4.12. The van der Waals surface area contributed by atoms with Crippen LogP contribution in [0.15, 0.2) is 60.7 Å². The van der Waals surface area contributed by atoms with E-state index in [0.29, 0.717) is 17.2 Å². The maximum absolute atomic E-state index is 12.6. The molecule has 5 heteroatoms. The van der Waals surface area contributed by atoms with Crippen molar-refractivity contribution in [2.75, 3.05) is 5.32 Å². The van der Waals surface area contributed by atoms with Crippen LogP contribution in [0.4, 0.5) is 5.69 Å². The number of anilines is 1. The highest BCUT2D eigenvalue weighted by molar-refractivity contribution is 14.1. The Hall–Kier alpha value is -2.41. The first-order valence-electron chi connectivity index (χ1n) is 8.75. The van der Waals surface area contributed by atoms with Gasteiger partial charge in [-0.1, -0.05) is 26.0 Å². The van der Waals surface area contributed by atoms with E-state index in [1.54, 1.807) is 0 Å². The van der Waals surface area contributed by atoms with Gasteiger partial charge in [0.1, 0.15) is 11.5 Å². The van der Waals surface area contributed by atoms with Gasteiger partial charge in [-0.15, -0.1) is 0 Å². The van der Waals surface area contributed by atoms with Gasteiger partial charge < -0.3 is 10.1 Å². The molecule has 0 aliphatic rings. The zero-order chi connectivity index (χ0) is 19.4. The van der Waals surface area contributed by atoms with Crippen molar-refractivity contribution in [2.24, 2.45) is 0 Å². The number of para-hydroxylation sites is 1. The Kier molecular flexibility index (Phi) is 6.11. The normalized spacial score (nSPS) is 10.7. The van der Waals surface area contributed by atoms with Crippen LogP contribution in [0.2, 0.25) is 0 Å². The average Bonchev–Trinajstić information content (AvgIpc) is 2.65. The molecule has 0 unspecified atom stereocenters. The van der Waals surface area contributed by atoms with Crippen molar-refractivity contribution >= 4 is 34.2 Å². The number of carbonyl (C=O) groups is 1. The van der Waals surface area contributed by atoms with E-state index in [0.717, 1.165) is 26.5 Å². The van der Waals surface area contributed by atoms with Crippen molar-refractivity contribution in [3.05, 3.63) is 81.2 Å². The number of hydrogen-bond donors (Lipinski definition) is 1. The molecule has 0 spiro atoms. The Bertz CT molecular complexity index is 953. The molecule has 0 atom stereocenters. The number of aromatic nitrogens is 1. The summed E-state index contributed by atoms with van der Waals surface area (Å²) in [4.78, 5) is 17.1. The number of nitrogens with one attached hydrogen (secondary N) is 1. The molecule has 27 heavy (non-hydrogen) atoms. The monoisotopic (exact) mass is 472 g/mol. The van der Waals surface area contributed by atoms with Crippen molar-refractivity contribution in [3.8, 4) is 11.5 Å². The van der Waals surface area contributed by atoms with Gasteiger partial charge in [0.05, 0.1) is 14.8 Å². The number of carbonyl (C=O) groups excluding carboxylic acids is 1. The van der Waals surface area contributed by atoms with Crippen LogP contribution in [-0.2, 0) is 0 Å². The van der Waals surface area contributed by atoms with Crippen LogP contribution in [0.25, 0.3) is 0 Å². The summed E-state index contributed by atoms with van der Waals surface area (Å²) >= 11 is 2.24. The Labute approximate surface area is 173 Å². The van der Waals surface area contributed by atoms with E-state index in [4.69, 9.17) is 4.74 Å². The molecule has 1 amide bonds. The Morgan fingerprint density at radius 1 is 1.04 bits per heavy atom. The molecule has 138 valence electrons. The molecule has 1 aromatic heterocycles. The van der Waals surface area contributed by atoms with Crippen molar-refractivity contribution in [1.82, 2.24) is 4.98 Å². The zero-order valence-corrected chi connectivity index (χ0v) is 17.7. The van der Waals surface area contributed by atoms with Crippen LogP contribution in [0.1, 0.15) is 41.5 Å². The van der Waals surface area contributed by atoms with E-state index in [1.807, 2.05) is 67.6 Å². The lowest BCUT2D eigenvalue weighted by Gasteiger charge is -2.11. The minimum absolute atomic E-state index is 0.165. The third-order valence-corrected chi connectivity index (χ3v) is 5.01. The Morgan fingerprint density at radius 3 is 2.37 bits per heavy atom. The highest BCUT2D eigenvalue weighted by Gasteiger charge is 2.12. The van der Waals surface area contributed by atoms with Crippen molar-refractivity contribution in [2.45, 2.75) is 26.7 Å². The van der Waals surface area contributed by atoms with Gasteiger partial charge in [-0.2, -0.15) is 0 Å². The molecule has 2 aromatic carbocycles. The molecule has 0 bridgehead atoms. The van der Waals surface area contributed by atoms with Crippen LogP contribution in [-0.4, -0.2) is 10.9 Å². The van der Waals surface area contributed by atoms with Gasteiger partial charge >= 0.3 is 0 Å². The third kappa shape index (κ3) is 4.86. The van der Waals surface area contributed by atoms with Gasteiger partial charge in [-0.05, 0) is 84.0 Å². The molecule has 0 saturated heterocycles. The van der Waals surface area contributed by atoms with Crippen LogP contribution in [0.3, 0.4) is 0 Å². The number of benzene rings is 2. The molecule has 0 fully saturated rings. The zero-order valence-electron chi connectivity index (χ0n) is 15.5. The van der Waals surface area contributed by atoms with Gasteiger partial charge in [0.15, 0.2) is 0 Å². The van der Waals surface area contributed by atoms with Crippen LogP contribution < -0.4 is 10.1 Å². The van der Waals surface area contributed by atoms with E-state index in [9.17, 15) is 4.79 Å². The molecule has 0 aliphatic heterocycles. The number of rotatable bonds is 5. The van der Waals surface area contributed by atoms with Crippen molar-refractivity contribution < 1.29 is 9.53 Å². The van der Waals surface area contributed by atoms with E-state index in [1.165, 1.54) is 0 Å². The fourth-order valence-electron chi connectivity index (χ4n) is 2.60. The Balaban J connectivity index is 1.69. The molecule has 0 radical (unpaired) electrons. The standard InChI is InChI=1S/C22H21IN2O2/c1-14(2)20-13-12-18(15(3)24-20)22(26)25-16-8-10-17(11-9-16)27-21-7-5-4-6-19(21)23/h4-14H,1-3H3,(H,25,26). The average molecular weight is 472 g/mol. The summed E-state index contributed by atoms with van der Waals surface area (Å²) in [5.41, 5.74) is 3.01. The summed E-state index contributed by atoms with van der Waals surface area (Å²) in [6.07, 6.45) is 0. The number of aryl methyl sites for hydroxylation is 1. The predicted molar refractivity (Wildman–Crippen MR) is 117 cm³/mol. The van der Waals surface area contributed by atoms with E-state index in [-0.39, 0.29) is 5.91 Å². The first-order chi connectivity index (χ1) is 12.9. The molecular weight excluding hydrogens is 451 g/mol. The van der Waals surface area contributed by atoms with Gasteiger partial charge in [0.2, 0.25) is 0 Å². The number of pyridine rings is 1. The molecule has 3 rings (SSSR count). The first kappa shape index (κ1) is 19.4. The molecule has 4 nitrogen and oxygen atoms in total. The lowest BCUT2D eigenvalue weighted by molar-refractivity contribution is 0.102. The summed E-state index contributed by atoms with van der Waals surface area (Å²) in [7, 11) is 0. The number of hydrogen-bond acceptors (Lipinski definition) is 3. The summed E-state index contributed by atoms with van der Waals surface area (Å²) in [5, 5.41) is 2.91. The van der Waals surface area contributed by atoms with Crippen LogP contribution in [0, 0.1) is 10.5 Å². The maximum atomic E-state index is 12.6. The fourth-order valence-corrected chi connectivity index (χ4v) is 3.10. The topological polar surface area (TPSA) is 51.2 Å². The van der Waals surface area contributed by atoms with Gasteiger partial charge in [0, 0.05) is 11.4 Å². The SMILES string of the molecule is Cc1nc(C(C)C)ccc1C(=O)Nc1ccc(Oc2ccccc2I)cc1. The molecule has 0 saturated carbocycles. The number of halogens is 1. The second kappa shape index (κ2) is 8.52. The number of nitrogens with zero attached hydrogens (tertiary/aromatic N) is 1. The number of ether oxygens (including phenoxy) is 1. The van der Waals surface area contributed by atoms with Crippen molar-refractivity contribution in [3.63, 3.8) is 0 Å². The highest BCUT2D eigenvalue weighted by Crippen LogP contribution is 2.27. The van der Waals surface area contributed by atoms with Gasteiger partial charge in [-0.3, -0.25) is 9.78 Å². The van der Waals surface area contributed by atoms with Gasteiger partial charge in [0.25, 0.3) is 5.91 Å². The lowest BCUT2D eigenvalue weighted by Crippen LogP contribution is -2.14. The lowest BCUT2D eigenvalue weighted by atomic mass is 10.1. The van der Waals surface area contributed by atoms with Gasteiger partial charge in [-0.25, -0.2) is 0 Å². The predicted octanol–water partition coefficient (Wildman–Crippen LogP) is 6.16. The van der Waals surface area contributed by atoms with E-state index < -0.39 is 0 Å². The van der Waals surface area contributed by atoms with E-state index in [2.05, 4.69) is 46.7 Å². The molecule has 1 N–H and O–H groups in total. The second-order valence-electron chi connectivity index (χ2n) is 6.53. The fraction of sp³-hybridized carbons (Fsp3) is 0.182. The largest absolute Gasteiger partial charge is 0.456 e. The Morgan fingerprint density at radius 2 is 1.74 bits per heavy atom. The summed E-state index contributed by atoms with van der Waals surface area (Å²) in [6, 6.07) is 18.9. The molecule has 0 aliphatic carbocycles. The molecule has 1 heterocycles. The second-order valence-corrected chi connectivity index (χ2v) is 7.70. The number of amides is 1. The molecule has 3 aromatic rings. The van der Waals surface area contributed by atoms with Crippen LogP contribution in [0.5, 0.6) is 11.5 Å². The highest BCUT2D eigenvalue weighted by atomic mass is 127. The summed E-state index contributed by atoms with van der Waals surface area (Å²) in [5.74, 6) is 1.70. The summed E-state index contributed by atoms with van der Waals surface area (Å²) < 4.78 is 6.92. The van der Waals surface area contributed by atoms with Crippen molar-refractivity contribution in [1.29, 1.82) is 0 Å². The first-order valence-corrected chi connectivity index (χ1v) is 9.83. The van der Waals surface area contributed by atoms with E-state index >= 15 is 0 Å². The quantitative estimate of drug-likeness (QED) is 0.453. The minimum Gasteiger partial charge on any atom is -0.456 e. The van der Waals surface area contributed by atoms with Crippen LogP contribution >= 0.6 is 22.6 Å². The minimum atomic E-state index is -0.165. The smallest absolute Gasteiger partial charge is 0.257 e. The summed E-state index contributed by atoms with van der Waals surface area (Å²) in [6.45, 7) is 6.03. The maximum Gasteiger partial charge on any atom is 0.257 e. The molecular formula is C22H21IN2O2.